The number of nitrogens with zero attached hydrogens (tertiary/aromatic N) is 3. The molecule has 2 heterocycles. The molecule has 0 amide bonds. The van der Waals surface area contributed by atoms with E-state index in [1.807, 2.05) is 54.6 Å². The van der Waals surface area contributed by atoms with Crippen LogP contribution in [0.3, 0.4) is 0 Å². The van der Waals surface area contributed by atoms with Crippen LogP contribution in [0.25, 0.3) is 16.6 Å². The summed E-state index contributed by atoms with van der Waals surface area (Å²) in [7, 11) is 0. The molecule has 4 nitrogen and oxygen atoms in total. The molecule has 0 N–H and O–H groups in total. The molecule has 0 atom stereocenters. The molecule has 1 aromatic heterocycles. The molecule has 0 aliphatic carbocycles. The van der Waals surface area contributed by atoms with Crippen LogP contribution in [0.2, 0.25) is 5.02 Å². The van der Waals surface area contributed by atoms with Gasteiger partial charge in [0.15, 0.2) is 5.82 Å². The summed E-state index contributed by atoms with van der Waals surface area (Å²) >= 11 is 5.97. The summed E-state index contributed by atoms with van der Waals surface area (Å²) in [5.41, 5.74) is 3.72. The van der Waals surface area contributed by atoms with Crippen molar-refractivity contribution in [1.29, 1.82) is 0 Å². The molecule has 26 heavy (non-hydrogen) atoms. The van der Waals surface area contributed by atoms with Crippen molar-refractivity contribution in [2.75, 3.05) is 0 Å². The molecule has 4 aromatic rings. The largest absolute Gasteiger partial charge is 0.268 e. The first-order chi connectivity index (χ1) is 12.7. The van der Waals surface area contributed by atoms with Crippen molar-refractivity contribution in [3.8, 4) is 5.69 Å². The molecule has 5 rings (SSSR count). The average Bonchev–Trinajstić information content (AvgIpc) is 2.98. The lowest BCUT2D eigenvalue weighted by Crippen LogP contribution is -2.21. The molecule has 3 aromatic carbocycles. The Morgan fingerprint density at radius 3 is 2.46 bits per heavy atom. The van der Waals surface area contributed by atoms with E-state index < -0.39 is 0 Å². The Labute approximate surface area is 154 Å². The zero-order chi connectivity index (χ0) is 17.7. The predicted molar refractivity (Wildman–Crippen MR) is 104 cm³/mol. The molecule has 0 bridgehead atoms. The van der Waals surface area contributed by atoms with Gasteiger partial charge in [-0.05, 0) is 42.5 Å². The second-order valence-electron chi connectivity index (χ2n) is 6.05. The number of aromatic nitrogens is 2. The minimum absolute atomic E-state index is 0.0839. The number of fused-ring (bicyclic) bond motifs is 4. The van der Waals surface area contributed by atoms with Gasteiger partial charge >= 0.3 is 0 Å². The van der Waals surface area contributed by atoms with Gasteiger partial charge in [-0.3, -0.25) is 9.36 Å². The standard InChI is InChI=1S/C21H12ClN3O/c22-13-9-11-14(12-10-13)23-19-16-6-2-4-8-18(16)25-20(19)24-17-7-3-1-5-15(17)21(25)26/h1-12H. The van der Waals surface area contributed by atoms with Crippen molar-refractivity contribution < 1.29 is 0 Å². The number of hydrogen-bond donors (Lipinski definition) is 0. The fourth-order valence-electron chi connectivity index (χ4n) is 3.26. The molecule has 124 valence electrons. The Kier molecular flexibility index (Phi) is 3.27. The fourth-order valence-corrected chi connectivity index (χ4v) is 3.39. The summed E-state index contributed by atoms with van der Waals surface area (Å²) in [6, 6.07) is 22.4. The van der Waals surface area contributed by atoms with E-state index in [1.165, 1.54) is 0 Å². The lowest BCUT2D eigenvalue weighted by molar-refractivity contribution is 0.967. The zero-order valence-corrected chi connectivity index (χ0v) is 14.3. The molecule has 1 aliphatic rings. The summed E-state index contributed by atoms with van der Waals surface area (Å²) in [6.45, 7) is 0. The van der Waals surface area contributed by atoms with Crippen molar-refractivity contribution in [1.82, 2.24) is 9.55 Å². The first-order valence-corrected chi connectivity index (χ1v) is 8.56. The maximum Gasteiger partial charge on any atom is 0.266 e. The Morgan fingerprint density at radius 2 is 1.62 bits per heavy atom. The third-order valence-electron chi connectivity index (χ3n) is 4.46. The van der Waals surface area contributed by atoms with E-state index in [1.54, 1.807) is 22.8 Å². The topological polar surface area (TPSA) is 47.2 Å². The van der Waals surface area contributed by atoms with Crippen LogP contribution in [-0.4, -0.2) is 15.3 Å². The smallest absolute Gasteiger partial charge is 0.266 e. The van der Waals surface area contributed by atoms with Gasteiger partial charge in [0, 0.05) is 10.6 Å². The van der Waals surface area contributed by atoms with Gasteiger partial charge in [-0.25, -0.2) is 9.98 Å². The highest BCUT2D eigenvalue weighted by Gasteiger charge is 2.28. The summed E-state index contributed by atoms with van der Waals surface area (Å²) < 4.78 is 1.65. The number of rotatable bonds is 1. The Bertz CT molecular complexity index is 1260. The Balaban J connectivity index is 1.86. The highest BCUT2D eigenvalue weighted by atomic mass is 35.5. The van der Waals surface area contributed by atoms with Crippen LogP contribution in [0.4, 0.5) is 5.69 Å². The number of aliphatic imine (C=N–C) groups is 1. The summed E-state index contributed by atoms with van der Waals surface area (Å²) in [6.07, 6.45) is 0. The molecule has 1 aliphatic heterocycles. The zero-order valence-electron chi connectivity index (χ0n) is 13.6. The molecular formula is C21H12ClN3O. The highest BCUT2D eigenvalue weighted by molar-refractivity contribution is 6.30. The van der Waals surface area contributed by atoms with Gasteiger partial charge in [-0.2, -0.15) is 0 Å². The number of para-hydroxylation sites is 2. The lowest BCUT2D eigenvalue weighted by atomic mass is 10.1. The fraction of sp³-hybridized carbons (Fsp3) is 0. The number of hydrogen-bond acceptors (Lipinski definition) is 3. The van der Waals surface area contributed by atoms with Gasteiger partial charge in [-0.1, -0.05) is 41.9 Å². The quantitative estimate of drug-likeness (QED) is 0.443. The molecule has 5 heteroatoms. The predicted octanol–water partition coefficient (Wildman–Crippen LogP) is 4.52. The summed E-state index contributed by atoms with van der Waals surface area (Å²) in [4.78, 5) is 22.6. The first kappa shape index (κ1) is 15.0. The molecule has 0 fully saturated rings. The van der Waals surface area contributed by atoms with Crippen LogP contribution in [0.1, 0.15) is 11.4 Å². The van der Waals surface area contributed by atoms with Crippen molar-refractivity contribution >= 4 is 33.9 Å². The minimum atomic E-state index is -0.0839. The van der Waals surface area contributed by atoms with E-state index in [0.29, 0.717) is 27.5 Å². The van der Waals surface area contributed by atoms with Crippen molar-refractivity contribution in [3.63, 3.8) is 0 Å². The molecule has 0 unspecified atom stereocenters. The van der Waals surface area contributed by atoms with Crippen molar-refractivity contribution in [2.24, 2.45) is 4.99 Å². The van der Waals surface area contributed by atoms with Crippen LogP contribution in [0.5, 0.6) is 0 Å². The molecule has 0 spiro atoms. The van der Waals surface area contributed by atoms with Gasteiger partial charge in [0.05, 0.1) is 22.3 Å². The van der Waals surface area contributed by atoms with Gasteiger partial charge in [-0.15, -0.1) is 0 Å². The highest BCUT2D eigenvalue weighted by Crippen LogP contribution is 2.29. The molecule has 0 saturated heterocycles. The third kappa shape index (κ3) is 2.20. The van der Waals surface area contributed by atoms with E-state index in [9.17, 15) is 4.79 Å². The van der Waals surface area contributed by atoms with E-state index in [-0.39, 0.29) is 5.56 Å². The second kappa shape index (κ2) is 5.64. The van der Waals surface area contributed by atoms with Crippen LogP contribution < -0.4 is 5.56 Å². The van der Waals surface area contributed by atoms with E-state index in [2.05, 4.69) is 0 Å². The van der Waals surface area contributed by atoms with E-state index in [4.69, 9.17) is 21.6 Å². The first-order valence-electron chi connectivity index (χ1n) is 8.18. The van der Waals surface area contributed by atoms with Gasteiger partial charge in [0.2, 0.25) is 0 Å². The van der Waals surface area contributed by atoms with Crippen LogP contribution in [0, 0.1) is 0 Å². The van der Waals surface area contributed by atoms with Crippen LogP contribution in [0.15, 0.2) is 82.6 Å². The van der Waals surface area contributed by atoms with Crippen LogP contribution >= 0.6 is 11.6 Å². The Hall–Kier alpha value is -3.24. The summed E-state index contributed by atoms with van der Waals surface area (Å²) in [5, 5.41) is 1.25. The second-order valence-corrected chi connectivity index (χ2v) is 6.48. The molecular weight excluding hydrogens is 346 g/mol. The van der Waals surface area contributed by atoms with E-state index >= 15 is 0 Å². The van der Waals surface area contributed by atoms with E-state index in [0.717, 1.165) is 16.9 Å². The maximum absolute atomic E-state index is 13.1. The average molecular weight is 358 g/mol. The molecule has 0 radical (unpaired) electrons. The number of benzene rings is 3. The lowest BCUT2D eigenvalue weighted by Gasteiger charge is -2.05. The minimum Gasteiger partial charge on any atom is -0.268 e. The SMILES string of the molecule is O=c1c2ccccc2nc2n1-c1ccccc1C2=Nc1ccc(Cl)cc1. The maximum atomic E-state index is 13.1. The molecule has 0 saturated carbocycles. The monoisotopic (exact) mass is 357 g/mol. The van der Waals surface area contributed by atoms with Gasteiger partial charge in [0.1, 0.15) is 5.71 Å². The van der Waals surface area contributed by atoms with Crippen molar-refractivity contribution in [2.45, 2.75) is 0 Å². The number of halogens is 1. The van der Waals surface area contributed by atoms with Gasteiger partial charge in [0.25, 0.3) is 5.56 Å². The Morgan fingerprint density at radius 1 is 0.885 bits per heavy atom. The summed E-state index contributed by atoms with van der Waals surface area (Å²) in [5.74, 6) is 0.560. The van der Waals surface area contributed by atoms with Gasteiger partial charge < -0.3 is 0 Å². The van der Waals surface area contributed by atoms with Crippen molar-refractivity contribution in [3.05, 3.63) is 99.6 Å². The third-order valence-corrected chi connectivity index (χ3v) is 4.71. The van der Waals surface area contributed by atoms with Crippen LogP contribution in [-0.2, 0) is 0 Å². The normalized spacial score (nSPS) is 13.8.